The van der Waals surface area contributed by atoms with E-state index in [9.17, 15) is 4.79 Å². The van der Waals surface area contributed by atoms with Gasteiger partial charge in [0.1, 0.15) is 16.4 Å². The van der Waals surface area contributed by atoms with E-state index >= 15 is 0 Å². The molecule has 8 nitrogen and oxygen atoms in total. The number of nitrogens with one attached hydrogen (secondary N) is 3. The van der Waals surface area contributed by atoms with Crippen LogP contribution in [-0.2, 0) is 4.74 Å². The number of rotatable bonds is 4. The number of aromatic amines is 1. The number of thiazole rings is 1. The van der Waals surface area contributed by atoms with Crippen molar-refractivity contribution in [2.45, 2.75) is 18.9 Å². The van der Waals surface area contributed by atoms with Crippen LogP contribution in [0.3, 0.4) is 0 Å². The summed E-state index contributed by atoms with van der Waals surface area (Å²) in [7, 11) is 0. The summed E-state index contributed by atoms with van der Waals surface area (Å²) < 4.78 is 6.42. The lowest BCUT2D eigenvalue weighted by atomic mass is 10.1. The summed E-state index contributed by atoms with van der Waals surface area (Å²) >= 11 is 7.59. The monoisotopic (exact) mass is 446 g/mol. The molecular formula is C20H23ClN6O2S. The molecule has 4 heterocycles. The molecule has 5 rings (SSSR count). The van der Waals surface area contributed by atoms with Gasteiger partial charge in [-0.1, -0.05) is 11.6 Å². The maximum Gasteiger partial charge on any atom is 0.264 e. The predicted octanol–water partition coefficient (Wildman–Crippen LogP) is 2.70. The molecule has 2 aromatic heterocycles. The SMILES string of the molecule is O=c1[nH]c(N2CCOCC2)nc(NC2CCCNC2)c1-c1nc2cc(Cl)ccc2s1. The number of piperidine rings is 1. The lowest BCUT2D eigenvalue weighted by molar-refractivity contribution is 0.122. The summed E-state index contributed by atoms with van der Waals surface area (Å²) in [6.07, 6.45) is 2.12. The Balaban J connectivity index is 1.58. The smallest absolute Gasteiger partial charge is 0.264 e. The number of aromatic nitrogens is 3. The second kappa shape index (κ2) is 8.50. The molecule has 2 aliphatic rings. The molecule has 0 spiro atoms. The van der Waals surface area contributed by atoms with Gasteiger partial charge in [-0.15, -0.1) is 11.3 Å². The zero-order chi connectivity index (χ0) is 20.5. The molecule has 0 amide bonds. The second-order valence-corrected chi connectivity index (χ2v) is 9.00. The van der Waals surface area contributed by atoms with Crippen molar-refractivity contribution in [3.63, 3.8) is 0 Å². The fourth-order valence-corrected chi connectivity index (χ4v) is 5.02. The van der Waals surface area contributed by atoms with E-state index in [1.807, 2.05) is 18.2 Å². The van der Waals surface area contributed by atoms with Crippen LogP contribution in [0.25, 0.3) is 20.8 Å². The van der Waals surface area contributed by atoms with E-state index < -0.39 is 0 Å². The molecule has 0 saturated carbocycles. The first-order valence-electron chi connectivity index (χ1n) is 10.2. The molecule has 0 radical (unpaired) electrons. The highest BCUT2D eigenvalue weighted by Gasteiger charge is 2.23. The molecule has 2 fully saturated rings. The van der Waals surface area contributed by atoms with E-state index in [0.717, 1.165) is 36.1 Å². The van der Waals surface area contributed by atoms with Gasteiger partial charge in [0.2, 0.25) is 5.95 Å². The molecule has 0 aliphatic carbocycles. The van der Waals surface area contributed by atoms with Crippen LogP contribution in [0.4, 0.5) is 11.8 Å². The highest BCUT2D eigenvalue weighted by atomic mass is 35.5. The topological polar surface area (TPSA) is 95.2 Å². The summed E-state index contributed by atoms with van der Waals surface area (Å²) in [5.41, 5.74) is 1.07. The Kier molecular flexibility index (Phi) is 5.60. The maximum atomic E-state index is 13.2. The average molecular weight is 447 g/mol. The summed E-state index contributed by atoms with van der Waals surface area (Å²) in [6, 6.07) is 5.80. The number of halogens is 1. The van der Waals surface area contributed by atoms with Gasteiger partial charge in [-0.2, -0.15) is 4.98 Å². The molecule has 2 saturated heterocycles. The zero-order valence-corrected chi connectivity index (χ0v) is 18.0. The number of anilines is 2. The molecule has 1 unspecified atom stereocenters. The first kappa shape index (κ1) is 19.7. The molecule has 10 heteroatoms. The predicted molar refractivity (Wildman–Crippen MR) is 121 cm³/mol. The molecule has 0 bridgehead atoms. The van der Waals surface area contributed by atoms with Crippen LogP contribution in [0.5, 0.6) is 0 Å². The molecule has 158 valence electrons. The van der Waals surface area contributed by atoms with Crippen LogP contribution < -0.4 is 21.1 Å². The Morgan fingerprint density at radius 1 is 1.27 bits per heavy atom. The lowest BCUT2D eigenvalue weighted by Gasteiger charge is -2.29. The third kappa shape index (κ3) is 4.02. The normalized spacial score (nSPS) is 19.9. The largest absolute Gasteiger partial charge is 0.378 e. The molecular weight excluding hydrogens is 424 g/mol. The van der Waals surface area contributed by atoms with Crippen molar-refractivity contribution < 1.29 is 4.74 Å². The first-order valence-corrected chi connectivity index (χ1v) is 11.4. The minimum Gasteiger partial charge on any atom is -0.378 e. The fraction of sp³-hybridized carbons (Fsp3) is 0.450. The van der Waals surface area contributed by atoms with E-state index in [2.05, 4.69) is 25.5 Å². The highest BCUT2D eigenvalue weighted by molar-refractivity contribution is 7.21. The van der Waals surface area contributed by atoms with Gasteiger partial charge in [0.25, 0.3) is 5.56 Å². The average Bonchev–Trinajstić information content (AvgIpc) is 3.17. The number of nitrogens with zero attached hydrogens (tertiary/aromatic N) is 3. The minimum atomic E-state index is -0.192. The standard InChI is InChI=1S/C20H23ClN6O2S/c21-12-3-4-15-14(10-12)24-19(30-15)16-17(23-13-2-1-5-22-11-13)25-20(26-18(16)28)27-6-8-29-9-7-27/h3-4,10,13,22H,1-2,5-9,11H2,(H2,23,25,26,28). The van der Waals surface area contributed by atoms with Crippen molar-refractivity contribution in [3.05, 3.63) is 33.6 Å². The van der Waals surface area contributed by atoms with Crippen LogP contribution in [0.15, 0.2) is 23.0 Å². The Labute approximate surface area is 182 Å². The van der Waals surface area contributed by atoms with E-state index in [-0.39, 0.29) is 11.6 Å². The van der Waals surface area contributed by atoms with Gasteiger partial charge >= 0.3 is 0 Å². The quantitative estimate of drug-likeness (QED) is 0.567. The second-order valence-electron chi connectivity index (χ2n) is 7.53. The van der Waals surface area contributed by atoms with Gasteiger partial charge in [0.15, 0.2) is 0 Å². The van der Waals surface area contributed by atoms with Crippen LogP contribution in [0.1, 0.15) is 12.8 Å². The molecule has 2 aliphatic heterocycles. The van der Waals surface area contributed by atoms with Crippen LogP contribution in [-0.4, -0.2) is 60.4 Å². The zero-order valence-electron chi connectivity index (χ0n) is 16.4. The van der Waals surface area contributed by atoms with Crippen molar-refractivity contribution in [2.75, 3.05) is 49.6 Å². The molecule has 1 aromatic carbocycles. The third-order valence-corrected chi connectivity index (χ3v) is 6.71. The molecule has 3 N–H and O–H groups in total. The lowest BCUT2D eigenvalue weighted by Crippen LogP contribution is -2.40. The molecule has 3 aromatic rings. The minimum absolute atomic E-state index is 0.192. The van der Waals surface area contributed by atoms with Gasteiger partial charge in [-0.25, -0.2) is 4.98 Å². The maximum absolute atomic E-state index is 13.2. The van der Waals surface area contributed by atoms with Gasteiger partial charge in [0.05, 0.1) is 23.4 Å². The number of ether oxygens (including phenoxy) is 1. The Morgan fingerprint density at radius 2 is 2.13 bits per heavy atom. The van der Waals surface area contributed by atoms with Gasteiger partial charge in [-0.05, 0) is 37.6 Å². The summed E-state index contributed by atoms with van der Waals surface area (Å²) in [5, 5.41) is 8.18. The number of hydrogen-bond acceptors (Lipinski definition) is 8. The summed E-state index contributed by atoms with van der Waals surface area (Å²) in [6.45, 7) is 4.51. The van der Waals surface area contributed by atoms with E-state index in [1.165, 1.54) is 11.3 Å². The Bertz CT molecular complexity index is 1100. The number of morpholine rings is 1. The summed E-state index contributed by atoms with van der Waals surface area (Å²) in [4.78, 5) is 27.8. The van der Waals surface area contributed by atoms with Gasteiger partial charge in [-0.3, -0.25) is 9.78 Å². The Morgan fingerprint density at radius 3 is 2.93 bits per heavy atom. The number of fused-ring (bicyclic) bond motifs is 1. The van der Waals surface area contributed by atoms with Crippen molar-refractivity contribution >= 4 is 44.9 Å². The molecule has 30 heavy (non-hydrogen) atoms. The molecule has 1 atom stereocenters. The fourth-order valence-electron chi connectivity index (χ4n) is 3.86. The third-order valence-electron chi connectivity index (χ3n) is 5.42. The van der Waals surface area contributed by atoms with Crippen molar-refractivity contribution in [1.82, 2.24) is 20.3 Å². The summed E-state index contributed by atoms with van der Waals surface area (Å²) in [5.74, 6) is 1.15. The van der Waals surface area contributed by atoms with Crippen LogP contribution in [0.2, 0.25) is 5.02 Å². The van der Waals surface area contributed by atoms with Crippen molar-refractivity contribution in [2.24, 2.45) is 0 Å². The Hall–Kier alpha value is -2.20. The van der Waals surface area contributed by atoms with Crippen LogP contribution in [0, 0.1) is 0 Å². The highest BCUT2D eigenvalue weighted by Crippen LogP contribution is 2.33. The first-order chi connectivity index (χ1) is 14.7. The van der Waals surface area contributed by atoms with Gasteiger partial charge in [0, 0.05) is 30.7 Å². The van der Waals surface area contributed by atoms with Crippen molar-refractivity contribution in [3.8, 4) is 10.6 Å². The van der Waals surface area contributed by atoms with E-state index in [0.29, 0.717) is 53.7 Å². The van der Waals surface area contributed by atoms with E-state index in [1.54, 1.807) is 0 Å². The van der Waals surface area contributed by atoms with E-state index in [4.69, 9.17) is 21.3 Å². The van der Waals surface area contributed by atoms with Crippen LogP contribution >= 0.6 is 22.9 Å². The number of H-pyrrole nitrogens is 1. The number of benzene rings is 1. The number of hydrogen-bond donors (Lipinski definition) is 3. The van der Waals surface area contributed by atoms with Gasteiger partial charge < -0.3 is 20.3 Å². The van der Waals surface area contributed by atoms with Crippen molar-refractivity contribution in [1.29, 1.82) is 0 Å².